The lowest BCUT2D eigenvalue weighted by Crippen LogP contribution is -2.47. The average Bonchev–Trinajstić information content (AvgIpc) is 3.00. The van der Waals surface area contributed by atoms with Crippen molar-refractivity contribution < 1.29 is 17.6 Å². The van der Waals surface area contributed by atoms with E-state index in [2.05, 4.69) is 4.72 Å². The van der Waals surface area contributed by atoms with Gasteiger partial charge in [-0.1, -0.05) is 6.42 Å². The number of benzene rings is 1. The van der Waals surface area contributed by atoms with E-state index in [0.29, 0.717) is 32.4 Å². The number of piperidine rings is 1. The van der Waals surface area contributed by atoms with Crippen molar-refractivity contribution in [2.45, 2.75) is 55.5 Å². The van der Waals surface area contributed by atoms with Gasteiger partial charge in [-0.3, -0.25) is 4.79 Å². The van der Waals surface area contributed by atoms with Crippen LogP contribution in [0.25, 0.3) is 0 Å². The van der Waals surface area contributed by atoms with E-state index in [1.54, 1.807) is 0 Å². The molecule has 0 bridgehead atoms. The maximum absolute atomic E-state index is 13.0. The summed E-state index contributed by atoms with van der Waals surface area (Å²) in [7, 11) is -3.68. The normalized spacial score (nSPS) is 23.9. The lowest BCUT2D eigenvalue weighted by Gasteiger charge is -2.33. The Morgan fingerprint density at radius 1 is 1.15 bits per heavy atom. The van der Waals surface area contributed by atoms with Crippen LogP contribution in [0, 0.1) is 11.7 Å². The van der Waals surface area contributed by atoms with Gasteiger partial charge in [-0.2, -0.15) is 0 Å². The molecule has 0 aromatic heterocycles. The summed E-state index contributed by atoms with van der Waals surface area (Å²) >= 11 is 0. The van der Waals surface area contributed by atoms with Crippen LogP contribution in [0.1, 0.15) is 38.5 Å². The van der Waals surface area contributed by atoms with Crippen LogP contribution in [0.4, 0.5) is 4.39 Å². The molecule has 0 spiro atoms. The molecular weight excluding hydrogens is 393 g/mol. The van der Waals surface area contributed by atoms with Gasteiger partial charge < -0.3 is 10.6 Å². The summed E-state index contributed by atoms with van der Waals surface area (Å²) in [4.78, 5) is 14.3. The van der Waals surface area contributed by atoms with Gasteiger partial charge in [0.25, 0.3) is 0 Å². The molecule has 2 atom stereocenters. The summed E-state index contributed by atoms with van der Waals surface area (Å²) in [6.07, 6.45) is 4.73. The number of carbonyl (C=O) groups excluding carboxylic acids is 1. The summed E-state index contributed by atoms with van der Waals surface area (Å²) < 4.78 is 40.4. The number of nitrogens with one attached hydrogen (secondary N) is 1. The molecule has 1 saturated heterocycles. The first kappa shape index (κ1) is 22.1. The zero-order valence-corrected chi connectivity index (χ0v) is 16.8. The van der Waals surface area contributed by atoms with Gasteiger partial charge in [0.15, 0.2) is 0 Å². The summed E-state index contributed by atoms with van der Waals surface area (Å²) in [6, 6.07) is 4.66. The van der Waals surface area contributed by atoms with E-state index >= 15 is 0 Å². The Bertz CT molecular complexity index is 737. The third-order valence-electron chi connectivity index (χ3n) is 5.45. The number of carbonyl (C=O) groups is 1. The molecule has 2 aliphatic rings. The molecule has 3 N–H and O–H groups in total. The third kappa shape index (κ3) is 5.63. The molecule has 1 saturated carbocycles. The Labute approximate surface area is 166 Å². The zero-order chi connectivity index (χ0) is 18.7. The summed E-state index contributed by atoms with van der Waals surface area (Å²) in [5.74, 6) is -0.0813. The maximum atomic E-state index is 13.0. The molecule has 1 heterocycles. The van der Waals surface area contributed by atoms with Crippen LogP contribution in [0.15, 0.2) is 29.2 Å². The highest BCUT2D eigenvalue weighted by atomic mass is 35.5. The minimum absolute atomic E-state index is 0. The van der Waals surface area contributed by atoms with Crippen LogP contribution in [-0.2, 0) is 14.8 Å². The summed E-state index contributed by atoms with van der Waals surface area (Å²) in [6.45, 7) is 1.08. The molecule has 9 heteroatoms. The second-order valence-corrected chi connectivity index (χ2v) is 9.00. The molecule has 0 unspecified atom stereocenters. The fourth-order valence-electron chi connectivity index (χ4n) is 3.82. The predicted octanol–water partition coefficient (Wildman–Crippen LogP) is 2.03. The van der Waals surface area contributed by atoms with Crippen LogP contribution >= 0.6 is 12.4 Å². The minimum Gasteiger partial charge on any atom is -0.343 e. The van der Waals surface area contributed by atoms with Crippen molar-refractivity contribution in [1.82, 2.24) is 9.62 Å². The second kappa shape index (κ2) is 9.32. The molecule has 27 heavy (non-hydrogen) atoms. The Balaban J connectivity index is 0.00000261. The molecule has 1 aliphatic carbocycles. The van der Waals surface area contributed by atoms with Gasteiger partial charge in [0.2, 0.25) is 15.9 Å². The van der Waals surface area contributed by atoms with Crippen molar-refractivity contribution in [3.8, 4) is 0 Å². The topological polar surface area (TPSA) is 92.5 Å². The monoisotopic (exact) mass is 419 g/mol. The Morgan fingerprint density at radius 3 is 2.33 bits per heavy atom. The second-order valence-electron chi connectivity index (χ2n) is 7.29. The number of amides is 1. The molecule has 152 valence electrons. The first-order valence-corrected chi connectivity index (χ1v) is 10.6. The summed E-state index contributed by atoms with van der Waals surface area (Å²) in [5, 5.41) is 0. The number of sulfonamides is 1. The smallest absolute Gasteiger partial charge is 0.240 e. The van der Waals surface area contributed by atoms with Crippen molar-refractivity contribution in [2.24, 2.45) is 11.7 Å². The van der Waals surface area contributed by atoms with Crippen molar-refractivity contribution in [2.75, 3.05) is 13.1 Å². The quantitative estimate of drug-likeness (QED) is 0.763. The molecular formula is C18H27ClFN3O3S. The van der Waals surface area contributed by atoms with Gasteiger partial charge in [0, 0.05) is 31.6 Å². The zero-order valence-electron chi connectivity index (χ0n) is 15.1. The van der Waals surface area contributed by atoms with E-state index in [-0.39, 0.29) is 41.2 Å². The van der Waals surface area contributed by atoms with Crippen LogP contribution in [0.3, 0.4) is 0 Å². The average molecular weight is 420 g/mol. The Hall–Kier alpha value is -1.22. The number of nitrogens with zero attached hydrogens (tertiary/aromatic N) is 1. The number of likely N-dealkylation sites (tertiary alicyclic amines) is 1. The highest BCUT2D eigenvalue weighted by Crippen LogP contribution is 2.28. The van der Waals surface area contributed by atoms with Gasteiger partial charge in [-0.05, 0) is 55.9 Å². The lowest BCUT2D eigenvalue weighted by atomic mass is 9.98. The predicted molar refractivity (Wildman–Crippen MR) is 104 cm³/mol. The van der Waals surface area contributed by atoms with E-state index < -0.39 is 15.8 Å². The van der Waals surface area contributed by atoms with Crippen molar-refractivity contribution in [1.29, 1.82) is 0 Å². The van der Waals surface area contributed by atoms with E-state index in [1.807, 2.05) is 4.90 Å². The number of hydrogen-bond acceptors (Lipinski definition) is 4. The van der Waals surface area contributed by atoms with Crippen LogP contribution in [0.5, 0.6) is 0 Å². The summed E-state index contributed by atoms with van der Waals surface area (Å²) in [5.41, 5.74) is 6.04. The Morgan fingerprint density at radius 2 is 1.78 bits per heavy atom. The fraction of sp³-hybridized carbons (Fsp3) is 0.611. The lowest BCUT2D eigenvalue weighted by molar-refractivity contribution is -0.133. The maximum Gasteiger partial charge on any atom is 0.240 e. The molecule has 3 rings (SSSR count). The van der Waals surface area contributed by atoms with E-state index in [0.717, 1.165) is 31.4 Å². The van der Waals surface area contributed by atoms with Crippen LogP contribution < -0.4 is 10.5 Å². The molecule has 6 nitrogen and oxygen atoms in total. The van der Waals surface area contributed by atoms with Crippen LogP contribution in [0.2, 0.25) is 0 Å². The van der Waals surface area contributed by atoms with Crippen molar-refractivity contribution in [3.63, 3.8) is 0 Å². The van der Waals surface area contributed by atoms with E-state index in [1.165, 1.54) is 12.1 Å². The third-order valence-corrected chi connectivity index (χ3v) is 6.98. The standard InChI is InChI=1S/C18H26FN3O3S.ClH/c19-14-4-6-16(7-5-14)26(24,25)21-15-8-10-22(11-9-15)18(23)12-13-2-1-3-17(13)20;/h4-7,13,15,17,21H,1-3,8-12,20H2;1H/t13-,17+;/m0./s1. The largest absolute Gasteiger partial charge is 0.343 e. The first-order valence-electron chi connectivity index (χ1n) is 9.16. The first-order chi connectivity index (χ1) is 12.3. The highest BCUT2D eigenvalue weighted by molar-refractivity contribution is 7.89. The SMILES string of the molecule is Cl.N[C@@H]1CCC[C@H]1CC(=O)N1CCC(NS(=O)(=O)c2ccc(F)cc2)CC1. The fourth-order valence-corrected chi connectivity index (χ4v) is 5.13. The minimum atomic E-state index is -3.68. The van der Waals surface area contributed by atoms with E-state index in [4.69, 9.17) is 5.73 Å². The molecule has 1 aromatic carbocycles. The highest BCUT2D eigenvalue weighted by Gasteiger charge is 2.30. The van der Waals surface area contributed by atoms with Crippen molar-refractivity contribution in [3.05, 3.63) is 30.1 Å². The molecule has 1 aromatic rings. The van der Waals surface area contributed by atoms with Gasteiger partial charge in [0.1, 0.15) is 5.82 Å². The number of rotatable bonds is 5. The van der Waals surface area contributed by atoms with Gasteiger partial charge in [-0.25, -0.2) is 17.5 Å². The van der Waals surface area contributed by atoms with Gasteiger partial charge >= 0.3 is 0 Å². The number of halogens is 2. The Kier molecular flexibility index (Phi) is 7.62. The molecule has 1 amide bonds. The van der Waals surface area contributed by atoms with Crippen molar-refractivity contribution >= 4 is 28.3 Å². The number of hydrogen-bond donors (Lipinski definition) is 2. The van der Waals surface area contributed by atoms with Gasteiger partial charge in [0.05, 0.1) is 4.90 Å². The molecule has 1 aliphatic heterocycles. The number of nitrogens with two attached hydrogens (primary N) is 1. The van der Waals surface area contributed by atoms with Crippen LogP contribution in [-0.4, -0.2) is 44.4 Å². The molecule has 2 fully saturated rings. The molecule has 0 radical (unpaired) electrons. The van der Waals surface area contributed by atoms with E-state index in [9.17, 15) is 17.6 Å². The van der Waals surface area contributed by atoms with Gasteiger partial charge in [-0.15, -0.1) is 12.4 Å².